The number of likely N-dealkylation sites (tertiary alicyclic amines) is 1. The van der Waals surface area contributed by atoms with Crippen molar-refractivity contribution in [2.75, 3.05) is 25.4 Å². The molecule has 19 heavy (non-hydrogen) atoms. The van der Waals surface area contributed by atoms with Crippen molar-refractivity contribution in [3.8, 4) is 0 Å². The molecule has 6 heteroatoms. The van der Waals surface area contributed by atoms with Gasteiger partial charge in [-0.1, -0.05) is 0 Å². The lowest BCUT2D eigenvalue weighted by atomic mass is 10.1. The molecule has 0 bridgehead atoms. The van der Waals surface area contributed by atoms with E-state index in [-0.39, 0.29) is 6.10 Å². The van der Waals surface area contributed by atoms with Gasteiger partial charge < -0.3 is 20.8 Å². The second-order valence-electron chi connectivity index (χ2n) is 5.45. The largest absolute Gasteiger partial charge is 0.396 e. The lowest BCUT2D eigenvalue weighted by molar-refractivity contribution is 0.0444. The molecule has 0 spiro atoms. The van der Waals surface area contributed by atoms with Crippen molar-refractivity contribution < 1.29 is 10.2 Å². The van der Waals surface area contributed by atoms with Crippen LogP contribution in [0.15, 0.2) is 0 Å². The molecule has 1 unspecified atom stereocenters. The van der Waals surface area contributed by atoms with Crippen molar-refractivity contribution in [1.29, 1.82) is 0 Å². The predicted molar refractivity (Wildman–Crippen MR) is 73.8 cm³/mol. The Morgan fingerprint density at radius 1 is 1.32 bits per heavy atom. The van der Waals surface area contributed by atoms with Crippen LogP contribution in [0.3, 0.4) is 0 Å². The molecule has 108 valence electrons. The standard InChI is InChI=1S/C13H24N4O2/c1-9-13(14)10(2)17(15-9)8-12(19)7-16-5-3-11(18)4-6-16/h11-12,18-19H,3-8,14H2,1-2H3. The molecule has 0 aliphatic carbocycles. The van der Waals surface area contributed by atoms with Gasteiger partial charge in [0.25, 0.3) is 0 Å². The topological polar surface area (TPSA) is 87.5 Å². The third-order valence-electron chi connectivity index (χ3n) is 3.85. The summed E-state index contributed by atoms with van der Waals surface area (Å²) in [6.45, 7) is 6.55. The molecule has 1 aromatic rings. The molecule has 2 heterocycles. The van der Waals surface area contributed by atoms with Crippen LogP contribution >= 0.6 is 0 Å². The van der Waals surface area contributed by atoms with E-state index in [1.54, 1.807) is 4.68 Å². The minimum absolute atomic E-state index is 0.177. The quantitative estimate of drug-likeness (QED) is 0.710. The fourth-order valence-corrected chi connectivity index (χ4v) is 2.55. The molecule has 1 saturated heterocycles. The smallest absolute Gasteiger partial charge is 0.0862 e. The zero-order valence-corrected chi connectivity index (χ0v) is 11.7. The molecular weight excluding hydrogens is 244 g/mol. The summed E-state index contributed by atoms with van der Waals surface area (Å²) >= 11 is 0. The molecule has 1 fully saturated rings. The molecular formula is C13H24N4O2. The summed E-state index contributed by atoms with van der Waals surface area (Å²) in [5, 5.41) is 23.9. The van der Waals surface area contributed by atoms with E-state index in [0.29, 0.717) is 18.8 Å². The van der Waals surface area contributed by atoms with Gasteiger partial charge in [0.05, 0.1) is 35.8 Å². The van der Waals surface area contributed by atoms with E-state index in [9.17, 15) is 10.2 Å². The second kappa shape index (κ2) is 5.90. The van der Waals surface area contributed by atoms with Crippen LogP contribution in [0.2, 0.25) is 0 Å². The van der Waals surface area contributed by atoms with E-state index in [1.807, 2.05) is 13.8 Å². The highest BCUT2D eigenvalue weighted by Crippen LogP contribution is 2.16. The van der Waals surface area contributed by atoms with Crippen molar-refractivity contribution >= 4 is 5.69 Å². The van der Waals surface area contributed by atoms with Gasteiger partial charge in [0.2, 0.25) is 0 Å². The number of aromatic nitrogens is 2. The zero-order valence-electron chi connectivity index (χ0n) is 11.7. The second-order valence-corrected chi connectivity index (χ2v) is 5.45. The molecule has 1 aliphatic heterocycles. The van der Waals surface area contributed by atoms with Crippen LogP contribution in [0.25, 0.3) is 0 Å². The van der Waals surface area contributed by atoms with Crippen molar-refractivity contribution in [3.05, 3.63) is 11.4 Å². The molecule has 1 atom stereocenters. The van der Waals surface area contributed by atoms with Gasteiger partial charge in [0.1, 0.15) is 0 Å². The molecule has 4 N–H and O–H groups in total. The van der Waals surface area contributed by atoms with Crippen LogP contribution in [-0.4, -0.2) is 56.7 Å². The van der Waals surface area contributed by atoms with Gasteiger partial charge in [0.15, 0.2) is 0 Å². The Bertz CT molecular complexity index is 425. The van der Waals surface area contributed by atoms with E-state index in [4.69, 9.17) is 5.73 Å². The van der Waals surface area contributed by atoms with E-state index in [1.165, 1.54) is 0 Å². The summed E-state index contributed by atoms with van der Waals surface area (Å²) < 4.78 is 1.77. The molecule has 1 aliphatic rings. The summed E-state index contributed by atoms with van der Waals surface area (Å²) in [7, 11) is 0. The molecule has 0 aromatic carbocycles. The Morgan fingerprint density at radius 2 is 1.95 bits per heavy atom. The maximum atomic E-state index is 10.1. The fraction of sp³-hybridized carbons (Fsp3) is 0.769. The number of hydrogen-bond acceptors (Lipinski definition) is 5. The maximum absolute atomic E-state index is 10.1. The van der Waals surface area contributed by atoms with Gasteiger partial charge in [-0.05, 0) is 26.7 Å². The van der Waals surface area contributed by atoms with Crippen molar-refractivity contribution in [2.24, 2.45) is 0 Å². The number of piperidine rings is 1. The maximum Gasteiger partial charge on any atom is 0.0862 e. The lowest BCUT2D eigenvalue weighted by Crippen LogP contribution is -2.41. The number of nitrogens with two attached hydrogens (primary N) is 1. The number of hydrogen-bond donors (Lipinski definition) is 3. The Balaban J connectivity index is 1.87. The number of rotatable bonds is 4. The highest BCUT2D eigenvalue weighted by atomic mass is 16.3. The van der Waals surface area contributed by atoms with Gasteiger partial charge in [-0.3, -0.25) is 4.68 Å². The van der Waals surface area contributed by atoms with Crippen molar-refractivity contribution in [3.63, 3.8) is 0 Å². The molecule has 0 radical (unpaired) electrons. The van der Waals surface area contributed by atoms with Crippen LogP contribution in [0.1, 0.15) is 24.2 Å². The number of nitrogens with zero attached hydrogens (tertiary/aromatic N) is 3. The van der Waals surface area contributed by atoms with Gasteiger partial charge >= 0.3 is 0 Å². The molecule has 0 saturated carbocycles. The lowest BCUT2D eigenvalue weighted by Gasteiger charge is -2.31. The average Bonchev–Trinajstić information content (AvgIpc) is 2.60. The highest BCUT2D eigenvalue weighted by Gasteiger charge is 2.20. The molecule has 2 rings (SSSR count). The van der Waals surface area contributed by atoms with Crippen molar-refractivity contribution in [2.45, 2.75) is 45.4 Å². The van der Waals surface area contributed by atoms with E-state index in [0.717, 1.165) is 37.3 Å². The summed E-state index contributed by atoms with van der Waals surface area (Å²) in [4.78, 5) is 2.19. The third kappa shape index (κ3) is 3.46. The molecule has 0 amide bonds. The Kier molecular flexibility index (Phi) is 4.44. The summed E-state index contributed by atoms with van der Waals surface area (Å²) in [6.07, 6.45) is 0.941. The summed E-state index contributed by atoms with van der Waals surface area (Å²) in [5.74, 6) is 0. The minimum Gasteiger partial charge on any atom is -0.396 e. The van der Waals surface area contributed by atoms with Gasteiger partial charge in [-0.2, -0.15) is 5.10 Å². The van der Waals surface area contributed by atoms with Crippen LogP contribution in [-0.2, 0) is 6.54 Å². The van der Waals surface area contributed by atoms with Crippen LogP contribution in [0.4, 0.5) is 5.69 Å². The molecule has 1 aromatic heterocycles. The van der Waals surface area contributed by atoms with Crippen LogP contribution in [0, 0.1) is 13.8 Å². The minimum atomic E-state index is -0.465. The fourth-order valence-electron chi connectivity index (χ4n) is 2.55. The Labute approximate surface area is 113 Å². The highest BCUT2D eigenvalue weighted by molar-refractivity contribution is 5.46. The number of anilines is 1. The normalized spacial score (nSPS) is 19.8. The summed E-state index contributed by atoms with van der Waals surface area (Å²) in [5.41, 5.74) is 8.30. The number of aliphatic hydroxyl groups excluding tert-OH is 2. The average molecular weight is 268 g/mol. The Hall–Kier alpha value is -1.11. The number of nitrogen functional groups attached to an aromatic ring is 1. The SMILES string of the molecule is Cc1nn(CC(O)CN2CCC(O)CC2)c(C)c1N. The van der Waals surface area contributed by atoms with Gasteiger partial charge in [-0.15, -0.1) is 0 Å². The molecule has 6 nitrogen and oxygen atoms in total. The van der Waals surface area contributed by atoms with Crippen LogP contribution < -0.4 is 5.73 Å². The first-order chi connectivity index (χ1) is 8.97. The van der Waals surface area contributed by atoms with Gasteiger partial charge in [0, 0.05) is 19.6 Å². The van der Waals surface area contributed by atoms with E-state index < -0.39 is 6.10 Å². The monoisotopic (exact) mass is 268 g/mol. The number of β-amino-alcohol motifs (C(OH)–C–C–N with tert-alkyl or cyclic N) is 1. The summed E-state index contributed by atoms with van der Waals surface area (Å²) in [6, 6.07) is 0. The first-order valence-electron chi connectivity index (χ1n) is 6.85. The van der Waals surface area contributed by atoms with Gasteiger partial charge in [-0.25, -0.2) is 0 Å². The zero-order chi connectivity index (χ0) is 14.0. The predicted octanol–water partition coefficient (Wildman–Crippen LogP) is -0.100. The van der Waals surface area contributed by atoms with Crippen molar-refractivity contribution in [1.82, 2.24) is 14.7 Å². The van der Waals surface area contributed by atoms with Crippen LogP contribution in [0.5, 0.6) is 0 Å². The van der Waals surface area contributed by atoms with E-state index in [2.05, 4.69) is 10.00 Å². The third-order valence-corrected chi connectivity index (χ3v) is 3.85. The number of aliphatic hydroxyl groups is 2. The Morgan fingerprint density at radius 3 is 2.47 bits per heavy atom. The van der Waals surface area contributed by atoms with E-state index >= 15 is 0 Å². The first-order valence-corrected chi connectivity index (χ1v) is 6.85. The number of aryl methyl sites for hydroxylation is 1. The first kappa shape index (κ1) is 14.3.